The van der Waals surface area contributed by atoms with Crippen molar-refractivity contribution in [1.29, 1.82) is 0 Å². The Morgan fingerprint density at radius 2 is 1.56 bits per heavy atom. The topological polar surface area (TPSA) is 26.0 Å². The van der Waals surface area contributed by atoms with Crippen molar-refractivity contribution in [3.05, 3.63) is 40.4 Å². The predicted molar refractivity (Wildman–Crippen MR) is 75.4 cm³/mol. The second-order valence-corrected chi connectivity index (χ2v) is 6.12. The summed E-state index contributed by atoms with van der Waals surface area (Å²) in [7, 11) is 0. The Hall–Kier alpha value is -1.10. The first-order valence-electron chi connectivity index (χ1n) is 4.81. The van der Waals surface area contributed by atoms with Gasteiger partial charge >= 0.3 is 0 Å². The molecular formula is C12H9NS3. The zero-order valence-corrected chi connectivity index (χ0v) is 10.8. The van der Waals surface area contributed by atoms with Gasteiger partial charge in [0.2, 0.25) is 0 Å². The summed E-state index contributed by atoms with van der Waals surface area (Å²) in [6.07, 6.45) is 0. The van der Waals surface area contributed by atoms with Gasteiger partial charge in [-0.2, -0.15) is 0 Å². The fourth-order valence-corrected chi connectivity index (χ4v) is 4.35. The van der Waals surface area contributed by atoms with E-state index in [2.05, 4.69) is 35.0 Å². The fraction of sp³-hybridized carbons (Fsp3) is 0. The maximum Gasteiger partial charge on any atom is 0.0550 e. The van der Waals surface area contributed by atoms with Crippen molar-refractivity contribution >= 4 is 39.7 Å². The van der Waals surface area contributed by atoms with Gasteiger partial charge in [0.1, 0.15) is 0 Å². The maximum absolute atomic E-state index is 6.06. The standard InChI is InChI=1S/C12H9NS3/c13-8-7-16-12(10-4-2-6-15-10)11(8)9-3-1-5-14-9/h1-7H,13H2. The number of thiophene rings is 3. The van der Waals surface area contributed by atoms with Crippen molar-refractivity contribution in [3.8, 4) is 20.2 Å². The minimum Gasteiger partial charge on any atom is -0.398 e. The van der Waals surface area contributed by atoms with Gasteiger partial charge in [-0.25, -0.2) is 0 Å². The van der Waals surface area contributed by atoms with Gasteiger partial charge in [-0.1, -0.05) is 12.1 Å². The summed E-state index contributed by atoms with van der Waals surface area (Å²) >= 11 is 5.22. The summed E-state index contributed by atoms with van der Waals surface area (Å²) in [5, 5.41) is 6.22. The SMILES string of the molecule is Nc1csc(-c2cccs2)c1-c1cccs1. The van der Waals surface area contributed by atoms with E-state index in [-0.39, 0.29) is 0 Å². The van der Waals surface area contributed by atoms with Crippen molar-refractivity contribution in [3.63, 3.8) is 0 Å². The van der Waals surface area contributed by atoms with Gasteiger partial charge in [0.05, 0.1) is 10.6 Å². The average Bonchev–Trinajstić information content (AvgIpc) is 2.96. The number of hydrogen-bond acceptors (Lipinski definition) is 4. The van der Waals surface area contributed by atoms with Crippen molar-refractivity contribution in [1.82, 2.24) is 0 Å². The number of anilines is 1. The molecule has 0 fully saturated rings. The molecule has 3 heterocycles. The molecule has 80 valence electrons. The van der Waals surface area contributed by atoms with E-state index in [9.17, 15) is 0 Å². The van der Waals surface area contributed by atoms with E-state index in [0.717, 1.165) is 5.69 Å². The van der Waals surface area contributed by atoms with E-state index in [0.29, 0.717) is 0 Å². The van der Waals surface area contributed by atoms with Gasteiger partial charge in [-0.3, -0.25) is 0 Å². The van der Waals surface area contributed by atoms with Gasteiger partial charge in [0.15, 0.2) is 0 Å². The highest BCUT2D eigenvalue weighted by atomic mass is 32.1. The summed E-state index contributed by atoms with van der Waals surface area (Å²) in [5.74, 6) is 0. The van der Waals surface area contributed by atoms with Crippen LogP contribution in [0, 0.1) is 0 Å². The minimum absolute atomic E-state index is 0.885. The van der Waals surface area contributed by atoms with Crippen molar-refractivity contribution < 1.29 is 0 Å². The quantitative estimate of drug-likeness (QED) is 0.707. The van der Waals surface area contributed by atoms with Crippen molar-refractivity contribution in [2.75, 3.05) is 5.73 Å². The van der Waals surface area contributed by atoms with Gasteiger partial charge < -0.3 is 5.73 Å². The number of nitrogens with two attached hydrogens (primary N) is 1. The molecule has 3 rings (SSSR count). The Balaban J connectivity index is 2.21. The summed E-state index contributed by atoms with van der Waals surface area (Å²) in [4.78, 5) is 3.84. The normalized spacial score (nSPS) is 10.8. The molecule has 0 amide bonds. The van der Waals surface area contributed by atoms with Gasteiger partial charge in [-0.15, -0.1) is 34.0 Å². The molecule has 0 saturated heterocycles. The summed E-state index contributed by atoms with van der Waals surface area (Å²) in [6.45, 7) is 0. The van der Waals surface area contributed by atoms with Crippen LogP contribution in [0.3, 0.4) is 0 Å². The van der Waals surface area contributed by atoms with Gasteiger partial charge in [0, 0.05) is 20.7 Å². The zero-order chi connectivity index (χ0) is 11.0. The highest BCUT2D eigenvalue weighted by Gasteiger charge is 2.14. The van der Waals surface area contributed by atoms with E-state index >= 15 is 0 Å². The molecule has 0 bridgehead atoms. The largest absolute Gasteiger partial charge is 0.398 e. The lowest BCUT2D eigenvalue weighted by Crippen LogP contribution is -1.83. The molecule has 0 radical (unpaired) electrons. The first-order valence-corrected chi connectivity index (χ1v) is 7.45. The van der Waals surface area contributed by atoms with Crippen LogP contribution in [0.4, 0.5) is 5.69 Å². The molecular weight excluding hydrogens is 254 g/mol. The zero-order valence-electron chi connectivity index (χ0n) is 8.34. The molecule has 16 heavy (non-hydrogen) atoms. The van der Waals surface area contributed by atoms with E-state index in [1.54, 1.807) is 34.0 Å². The molecule has 0 aliphatic carbocycles. The molecule has 4 heteroatoms. The van der Waals surface area contributed by atoms with Crippen LogP contribution in [0.1, 0.15) is 0 Å². The van der Waals surface area contributed by atoms with Crippen LogP contribution >= 0.6 is 34.0 Å². The Labute approximate surface area is 106 Å². The molecule has 3 aromatic rings. The fourth-order valence-electron chi connectivity index (χ4n) is 1.64. The van der Waals surface area contributed by atoms with Crippen LogP contribution in [-0.2, 0) is 0 Å². The molecule has 0 aliphatic heterocycles. The van der Waals surface area contributed by atoms with Crippen molar-refractivity contribution in [2.24, 2.45) is 0 Å². The second kappa shape index (κ2) is 4.05. The molecule has 0 saturated carbocycles. The van der Waals surface area contributed by atoms with E-state index in [1.807, 2.05) is 5.38 Å². The molecule has 1 nitrogen and oxygen atoms in total. The Morgan fingerprint density at radius 1 is 0.875 bits per heavy atom. The third-order valence-electron chi connectivity index (χ3n) is 2.33. The molecule has 0 aromatic carbocycles. The number of nitrogen functional groups attached to an aromatic ring is 1. The lowest BCUT2D eigenvalue weighted by Gasteiger charge is -2.00. The molecule has 0 spiro atoms. The summed E-state index contributed by atoms with van der Waals surface area (Å²) in [6, 6.07) is 8.41. The number of hydrogen-bond donors (Lipinski definition) is 1. The first kappa shape index (κ1) is 10.1. The van der Waals surface area contributed by atoms with Crippen LogP contribution in [0.5, 0.6) is 0 Å². The molecule has 0 atom stereocenters. The van der Waals surface area contributed by atoms with Crippen LogP contribution in [0.15, 0.2) is 40.4 Å². The second-order valence-electron chi connectivity index (χ2n) is 3.35. The third kappa shape index (κ3) is 1.59. The minimum atomic E-state index is 0.885. The maximum atomic E-state index is 6.06. The Bertz CT molecular complexity index is 576. The van der Waals surface area contributed by atoms with Crippen LogP contribution in [-0.4, -0.2) is 0 Å². The highest BCUT2D eigenvalue weighted by molar-refractivity contribution is 7.21. The molecule has 3 aromatic heterocycles. The molecule has 0 unspecified atom stereocenters. The van der Waals surface area contributed by atoms with Crippen molar-refractivity contribution in [2.45, 2.75) is 0 Å². The predicted octanol–water partition coefficient (Wildman–Crippen LogP) is 4.79. The average molecular weight is 263 g/mol. The Kier molecular flexibility index (Phi) is 2.55. The third-order valence-corrected chi connectivity index (χ3v) is 5.27. The van der Waals surface area contributed by atoms with E-state index in [4.69, 9.17) is 5.73 Å². The molecule has 2 N–H and O–H groups in total. The highest BCUT2D eigenvalue weighted by Crippen LogP contribution is 2.44. The molecule has 0 aliphatic rings. The van der Waals surface area contributed by atoms with Gasteiger partial charge in [-0.05, 0) is 22.9 Å². The monoisotopic (exact) mass is 263 g/mol. The van der Waals surface area contributed by atoms with Gasteiger partial charge in [0.25, 0.3) is 0 Å². The smallest absolute Gasteiger partial charge is 0.0550 e. The van der Waals surface area contributed by atoms with Crippen LogP contribution in [0.2, 0.25) is 0 Å². The van der Waals surface area contributed by atoms with E-state index < -0.39 is 0 Å². The lowest BCUT2D eigenvalue weighted by atomic mass is 10.2. The lowest BCUT2D eigenvalue weighted by molar-refractivity contribution is 1.82. The van der Waals surface area contributed by atoms with Crippen LogP contribution < -0.4 is 5.73 Å². The summed E-state index contributed by atoms with van der Waals surface area (Å²) < 4.78 is 0. The Morgan fingerprint density at radius 3 is 2.19 bits per heavy atom. The summed E-state index contributed by atoms with van der Waals surface area (Å²) in [5.41, 5.74) is 8.14. The van der Waals surface area contributed by atoms with E-state index in [1.165, 1.54) is 20.2 Å². The first-order chi connectivity index (χ1) is 7.86. The van der Waals surface area contributed by atoms with Crippen LogP contribution in [0.25, 0.3) is 20.2 Å². The number of rotatable bonds is 2.